The summed E-state index contributed by atoms with van der Waals surface area (Å²) in [6.07, 6.45) is 4.65. The lowest BCUT2D eigenvalue weighted by Gasteiger charge is -2.34. The normalized spacial score (nSPS) is 22.9. The number of imide groups is 1. The van der Waals surface area contributed by atoms with Gasteiger partial charge in [0, 0.05) is 57.4 Å². The molecule has 202 valence electrons. The standard InChI is InChI=1S/C29H34ClFN4O2S/c1-28(2)14-24(36)35(25(37)15-28)16-20-13-23-27(38-20)21(3-7-33-23)22-12-19(30)11-18-4-10-34(26(18)22)17-29(31)5-8-32-9-6-29/h4,10-13,21,32-33H,3,5-9,14-17H2,1-2H3. The first kappa shape index (κ1) is 25.8. The molecule has 1 atom stereocenters. The highest BCUT2D eigenvalue weighted by Gasteiger charge is 2.38. The third-order valence-electron chi connectivity index (χ3n) is 8.24. The van der Waals surface area contributed by atoms with Gasteiger partial charge in [0.25, 0.3) is 0 Å². The molecule has 0 bridgehead atoms. The monoisotopic (exact) mass is 556 g/mol. The lowest BCUT2D eigenvalue weighted by Crippen LogP contribution is -2.45. The van der Waals surface area contributed by atoms with E-state index in [4.69, 9.17) is 11.6 Å². The number of carbonyl (C=O) groups is 2. The first-order chi connectivity index (χ1) is 18.1. The van der Waals surface area contributed by atoms with Gasteiger partial charge in [0.1, 0.15) is 5.67 Å². The van der Waals surface area contributed by atoms with E-state index in [0.29, 0.717) is 56.9 Å². The van der Waals surface area contributed by atoms with E-state index in [0.717, 1.165) is 40.0 Å². The molecule has 1 unspecified atom stereocenters. The minimum Gasteiger partial charge on any atom is -0.384 e. The van der Waals surface area contributed by atoms with Crippen LogP contribution in [0.3, 0.4) is 0 Å². The molecule has 3 aromatic rings. The number of hydrogen-bond acceptors (Lipinski definition) is 5. The predicted molar refractivity (Wildman–Crippen MR) is 151 cm³/mol. The molecule has 2 aromatic heterocycles. The number of alkyl halides is 1. The molecule has 38 heavy (non-hydrogen) atoms. The van der Waals surface area contributed by atoms with Gasteiger partial charge in [0.15, 0.2) is 0 Å². The number of piperidine rings is 2. The van der Waals surface area contributed by atoms with Gasteiger partial charge in [-0.05, 0) is 67.6 Å². The second kappa shape index (κ2) is 9.65. The van der Waals surface area contributed by atoms with E-state index in [1.54, 1.807) is 11.3 Å². The minimum atomic E-state index is -1.23. The number of thiophene rings is 1. The van der Waals surface area contributed by atoms with Crippen molar-refractivity contribution in [2.45, 2.75) is 70.6 Å². The number of benzene rings is 1. The van der Waals surface area contributed by atoms with Gasteiger partial charge in [-0.15, -0.1) is 11.3 Å². The van der Waals surface area contributed by atoms with Gasteiger partial charge < -0.3 is 15.2 Å². The number of hydrogen-bond donors (Lipinski definition) is 2. The van der Waals surface area contributed by atoms with Crippen LogP contribution in [0.1, 0.15) is 67.2 Å². The van der Waals surface area contributed by atoms with Crippen molar-refractivity contribution in [3.63, 3.8) is 0 Å². The van der Waals surface area contributed by atoms with Crippen molar-refractivity contribution in [2.75, 3.05) is 25.0 Å². The molecule has 3 aliphatic heterocycles. The second-order valence-electron chi connectivity index (χ2n) is 11.9. The lowest BCUT2D eigenvalue weighted by molar-refractivity contribution is -0.153. The Morgan fingerprint density at radius 2 is 1.84 bits per heavy atom. The third-order valence-corrected chi connectivity index (χ3v) is 9.69. The van der Waals surface area contributed by atoms with Crippen molar-refractivity contribution in [1.29, 1.82) is 0 Å². The van der Waals surface area contributed by atoms with Crippen LogP contribution in [0.25, 0.3) is 10.9 Å². The van der Waals surface area contributed by atoms with Gasteiger partial charge in [-0.2, -0.15) is 0 Å². The fraction of sp³-hybridized carbons (Fsp3) is 0.517. The summed E-state index contributed by atoms with van der Waals surface area (Å²) in [4.78, 5) is 29.1. The summed E-state index contributed by atoms with van der Waals surface area (Å²) in [6, 6.07) is 8.11. The Kier molecular flexibility index (Phi) is 6.56. The average molecular weight is 557 g/mol. The Bertz CT molecular complexity index is 1390. The fourth-order valence-corrected chi connectivity index (χ4v) is 7.85. The number of amides is 2. The van der Waals surface area contributed by atoms with Crippen LogP contribution in [0.4, 0.5) is 10.1 Å². The summed E-state index contributed by atoms with van der Waals surface area (Å²) in [5.74, 6) is -0.112. The van der Waals surface area contributed by atoms with Gasteiger partial charge in [-0.3, -0.25) is 14.5 Å². The van der Waals surface area contributed by atoms with E-state index < -0.39 is 5.67 Å². The van der Waals surface area contributed by atoms with Crippen LogP contribution in [-0.4, -0.2) is 46.6 Å². The molecule has 5 heterocycles. The quantitative estimate of drug-likeness (QED) is 0.374. The predicted octanol–water partition coefficient (Wildman–Crippen LogP) is 6.07. The van der Waals surface area contributed by atoms with Crippen molar-refractivity contribution in [1.82, 2.24) is 14.8 Å². The molecular weight excluding hydrogens is 523 g/mol. The van der Waals surface area contributed by atoms with Crippen molar-refractivity contribution in [3.8, 4) is 0 Å². The minimum absolute atomic E-state index is 0.0927. The van der Waals surface area contributed by atoms with Gasteiger partial charge in [-0.1, -0.05) is 25.4 Å². The van der Waals surface area contributed by atoms with Crippen LogP contribution in [-0.2, 0) is 22.7 Å². The van der Waals surface area contributed by atoms with E-state index in [1.165, 1.54) is 9.78 Å². The number of aromatic nitrogens is 1. The summed E-state index contributed by atoms with van der Waals surface area (Å²) in [5.41, 5.74) is 1.68. The maximum Gasteiger partial charge on any atom is 0.230 e. The topological polar surface area (TPSA) is 66.4 Å². The summed E-state index contributed by atoms with van der Waals surface area (Å²) in [7, 11) is 0. The van der Waals surface area contributed by atoms with Crippen LogP contribution >= 0.6 is 22.9 Å². The van der Waals surface area contributed by atoms with Crippen LogP contribution in [0.5, 0.6) is 0 Å². The van der Waals surface area contributed by atoms with Crippen LogP contribution in [0.15, 0.2) is 30.5 Å². The van der Waals surface area contributed by atoms with Crippen LogP contribution in [0, 0.1) is 5.41 Å². The number of likely N-dealkylation sites (tertiary alicyclic amines) is 1. The van der Waals surface area contributed by atoms with Gasteiger partial charge in [-0.25, -0.2) is 4.39 Å². The lowest BCUT2D eigenvalue weighted by atomic mass is 9.82. The molecular formula is C29H34ClFN4O2S. The molecule has 2 amide bonds. The molecule has 0 spiro atoms. The van der Waals surface area contributed by atoms with E-state index in [2.05, 4.69) is 21.3 Å². The van der Waals surface area contributed by atoms with Crippen LogP contribution in [0.2, 0.25) is 5.02 Å². The van der Waals surface area contributed by atoms with E-state index >= 15 is 4.39 Å². The molecule has 9 heteroatoms. The molecule has 2 N–H and O–H groups in total. The first-order valence-electron chi connectivity index (χ1n) is 13.5. The Hall–Kier alpha value is -2.42. The Morgan fingerprint density at radius 3 is 2.58 bits per heavy atom. The van der Waals surface area contributed by atoms with E-state index in [-0.39, 0.29) is 23.1 Å². The number of carbonyl (C=O) groups excluding carboxylic acids is 2. The van der Waals surface area contributed by atoms with E-state index in [1.807, 2.05) is 38.2 Å². The molecule has 1 aromatic carbocycles. The first-order valence-corrected chi connectivity index (χ1v) is 14.7. The maximum absolute atomic E-state index is 15.7. The zero-order valence-electron chi connectivity index (χ0n) is 21.9. The molecule has 6 nitrogen and oxygen atoms in total. The molecule has 0 radical (unpaired) electrons. The second-order valence-corrected chi connectivity index (χ2v) is 13.5. The largest absolute Gasteiger partial charge is 0.384 e. The average Bonchev–Trinajstić information content (AvgIpc) is 3.44. The number of anilines is 1. The van der Waals surface area contributed by atoms with E-state index in [9.17, 15) is 9.59 Å². The van der Waals surface area contributed by atoms with Crippen molar-refractivity contribution in [3.05, 3.63) is 50.8 Å². The number of nitrogens with zero attached hydrogens (tertiary/aromatic N) is 2. The summed E-state index contributed by atoms with van der Waals surface area (Å²) >= 11 is 8.25. The number of halogens is 2. The molecule has 2 fully saturated rings. The summed E-state index contributed by atoms with van der Waals surface area (Å²) in [5, 5.41) is 8.47. The summed E-state index contributed by atoms with van der Waals surface area (Å²) in [6.45, 7) is 6.77. The molecule has 3 aliphatic rings. The number of rotatable bonds is 5. The number of fused-ring (bicyclic) bond motifs is 2. The van der Waals surface area contributed by atoms with Crippen molar-refractivity contribution >= 4 is 51.3 Å². The fourth-order valence-electron chi connectivity index (χ4n) is 6.34. The third kappa shape index (κ3) is 4.87. The van der Waals surface area contributed by atoms with Gasteiger partial charge >= 0.3 is 0 Å². The highest BCUT2D eigenvalue weighted by atomic mass is 35.5. The Labute approximate surface area is 231 Å². The highest BCUT2D eigenvalue weighted by molar-refractivity contribution is 7.12. The molecule has 2 saturated heterocycles. The highest BCUT2D eigenvalue weighted by Crippen LogP contribution is 2.46. The van der Waals surface area contributed by atoms with Gasteiger partial charge in [0.2, 0.25) is 11.8 Å². The zero-order chi connectivity index (χ0) is 26.7. The van der Waals surface area contributed by atoms with Crippen molar-refractivity contribution < 1.29 is 14.0 Å². The molecule has 0 saturated carbocycles. The van der Waals surface area contributed by atoms with Crippen molar-refractivity contribution in [2.24, 2.45) is 5.41 Å². The zero-order valence-corrected chi connectivity index (χ0v) is 23.5. The number of nitrogens with one attached hydrogen (secondary N) is 2. The smallest absolute Gasteiger partial charge is 0.230 e. The molecule has 0 aliphatic carbocycles. The Balaban J connectivity index is 1.34. The maximum atomic E-state index is 15.7. The van der Waals surface area contributed by atoms with Gasteiger partial charge in [0.05, 0.1) is 18.6 Å². The van der Waals surface area contributed by atoms with Crippen LogP contribution < -0.4 is 10.6 Å². The SMILES string of the molecule is CC1(C)CC(=O)N(Cc2cc3c(s2)C(c2cc(Cl)cc4ccn(CC5(F)CCNCC5)c24)CCN3)C(=O)C1. The Morgan fingerprint density at radius 1 is 1.11 bits per heavy atom. The summed E-state index contributed by atoms with van der Waals surface area (Å²) < 4.78 is 17.8. The molecule has 6 rings (SSSR count).